The molecule has 0 spiro atoms. The fraction of sp³-hybridized carbons (Fsp3) is 0.143. The van der Waals surface area contributed by atoms with Crippen LogP contribution in [-0.4, -0.2) is 8.42 Å². The van der Waals surface area contributed by atoms with Gasteiger partial charge in [-0.25, -0.2) is 13.1 Å². The summed E-state index contributed by atoms with van der Waals surface area (Å²) in [4.78, 5) is -0.409. The van der Waals surface area contributed by atoms with Crippen molar-refractivity contribution < 1.29 is 21.6 Å². The lowest BCUT2D eigenvalue weighted by molar-refractivity contribution is -0.137. The fourth-order valence-corrected chi connectivity index (χ4v) is 2.76. The summed E-state index contributed by atoms with van der Waals surface area (Å²) in [5.41, 5.74) is -0.280. The normalized spacial score (nSPS) is 12.3. The molecular weight excluding hydrogens is 303 g/mol. The van der Waals surface area contributed by atoms with Gasteiger partial charge in [0.1, 0.15) is 0 Å². The number of hydrogen-bond donors (Lipinski definition) is 1. The molecule has 7 heteroatoms. The number of alkyl halides is 3. The SMILES string of the molecule is O=S(=O)(NCc1ccccc1)c1cccc(C(F)(F)F)c1. The molecule has 0 saturated heterocycles. The van der Waals surface area contributed by atoms with Crippen LogP contribution in [0.15, 0.2) is 59.5 Å². The number of hydrogen-bond acceptors (Lipinski definition) is 2. The second kappa shape index (κ2) is 5.87. The van der Waals surface area contributed by atoms with Crippen LogP contribution in [-0.2, 0) is 22.7 Å². The van der Waals surface area contributed by atoms with Crippen molar-refractivity contribution in [2.24, 2.45) is 0 Å². The van der Waals surface area contributed by atoms with Crippen molar-refractivity contribution in [3.05, 3.63) is 65.7 Å². The minimum Gasteiger partial charge on any atom is -0.207 e. The monoisotopic (exact) mass is 315 g/mol. The molecule has 3 nitrogen and oxygen atoms in total. The minimum absolute atomic E-state index is 0.0133. The first-order chi connectivity index (χ1) is 9.79. The average Bonchev–Trinajstić information content (AvgIpc) is 2.46. The van der Waals surface area contributed by atoms with Gasteiger partial charge in [0.2, 0.25) is 10.0 Å². The van der Waals surface area contributed by atoms with Crippen LogP contribution in [0.5, 0.6) is 0 Å². The Labute approximate surface area is 120 Å². The highest BCUT2D eigenvalue weighted by Crippen LogP contribution is 2.30. The Balaban J connectivity index is 2.20. The molecule has 0 aromatic heterocycles. The van der Waals surface area contributed by atoms with Gasteiger partial charge in [0.15, 0.2) is 0 Å². The van der Waals surface area contributed by atoms with Crippen molar-refractivity contribution in [3.8, 4) is 0 Å². The van der Waals surface area contributed by atoms with E-state index < -0.39 is 26.7 Å². The Hall–Kier alpha value is -1.86. The molecule has 0 fully saturated rings. The van der Waals surface area contributed by atoms with E-state index in [9.17, 15) is 21.6 Å². The van der Waals surface area contributed by atoms with E-state index in [-0.39, 0.29) is 6.54 Å². The van der Waals surface area contributed by atoms with Crippen LogP contribution in [0.2, 0.25) is 0 Å². The molecule has 0 aliphatic carbocycles. The van der Waals surface area contributed by atoms with Gasteiger partial charge in [-0.15, -0.1) is 0 Å². The fourth-order valence-electron chi connectivity index (χ4n) is 1.70. The van der Waals surface area contributed by atoms with Gasteiger partial charge < -0.3 is 0 Å². The predicted octanol–water partition coefficient (Wildman–Crippen LogP) is 3.18. The predicted molar refractivity (Wildman–Crippen MR) is 71.9 cm³/mol. The van der Waals surface area contributed by atoms with E-state index in [1.165, 1.54) is 0 Å². The molecule has 2 rings (SSSR count). The van der Waals surface area contributed by atoms with Crippen LogP contribution in [0.4, 0.5) is 13.2 Å². The van der Waals surface area contributed by atoms with E-state index >= 15 is 0 Å². The molecule has 0 radical (unpaired) electrons. The zero-order valence-corrected chi connectivity index (χ0v) is 11.6. The lowest BCUT2D eigenvalue weighted by Crippen LogP contribution is -2.23. The summed E-state index contributed by atoms with van der Waals surface area (Å²) in [7, 11) is -3.99. The van der Waals surface area contributed by atoms with Gasteiger partial charge >= 0.3 is 6.18 Å². The Kier molecular flexibility index (Phi) is 4.34. The second-order valence-corrected chi connectivity index (χ2v) is 6.10. The first-order valence-corrected chi connectivity index (χ1v) is 7.48. The zero-order valence-electron chi connectivity index (χ0n) is 10.8. The third-order valence-corrected chi connectivity index (χ3v) is 4.18. The summed E-state index contributed by atoms with van der Waals surface area (Å²) in [6, 6.07) is 12.3. The standard InChI is InChI=1S/C14H12F3NO2S/c15-14(16,17)12-7-4-8-13(9-12)21(19,20)18-10-11-5-2-1-3-6-11/h1-9,18H,10H2. The van der Waals surface area contributed by atoms with Crippen LogP contribution in [0, 0.1) is 0 Å². The third-order valence-electron chi connectivity index (χ3n) is 2.78. The summed E-state index contributed by atoms with van der Waals surface area (Å²) in [6.07, 6.45) is -4.58. The molecule has 0 aliphatic rings. The van der Waals surface area contributed by atoms with Gasteiger partial charge in [-0.2, -0.15) is 13.2 Å². The Bertz CT molecular complexity index is 712. The highest BCUT2D eigenvalue weighted by molar-refractivity contribution is 7.89. The molecule has 112 valence electrons. The van der Waals surface area contributed by atoms with Crippen molar-refractivity contribution in [1.29, 1.82) is 0 Å². The largest absolute Gasteiger partial charge is 0.416 e. The highest BCUT2D eigenvalue weighted by atomic mass is 32.2. The first kappa shape index (κ1) is 15.5. The molecule has 0 saturated carbocycles. The van der Waals surface area contributed by atoms with Gasteiger partial charge in [0, 0.05) is 6.54 Å². The maximum absolute atomic E-state index is 12.6. The lowest BCUT2D eigenvalue weighted by atomic mass is 10.2. The summed E-state index contributed by atoms with van der Waals surface area (Å²) >= 11 is 0. The molecule has 2 aromatic rings. The molecule has 21 heavy (non-hydrogen) atoms. The van der Waals surface area contributed by atoms with Crippen LogP contribution in [0.1, 0.15) is 11.1 Å². The number of halogens is 3. The molecule has 0 amide bonds. The highest BCUT2D eigenvalue weighted by Gasteiger charge is 2.31. The number of benzene rings is 2. The average molecular weight is 315 g/mol. The summed E-state index contributed by atoms with van der Waals surface area (Å²) < 4.78 is 64.1. The smallest absolute Gasteiger partial charge is 0.207 e. The third kappa shape index (κ3) is 4.05. The Morgan fingerprint density at radius 2 is 1.62 bits per heavy atom. The van der Waals surface area contributed by atoms with Gasteiger partial charge in [0.05, 0.1) is 10.5 Å². The number of rotatable bonds is 4. The quantitative estimate of drug-likeness (QED) is 0.942. The van der Waals surface area contributed by atoms with Crippen molar-refractivity contribution in [2.75, 3.05) is 0 Å². The Morgan fingerprint density at radius 1 is 0.952 bits per heavy atom. The second-order valence-electron chi connectivity index (χ2n) is 4.34. The van der Waals surface area contributed by atoms with Crippen LogP contribution < -0.4 is 4.72 Å². The minimum atomic E-state index is -4.58. The molecule has 2 aromatic carbocycles. The van der Waals surface area contributed by atoms with Crippen LogP contribution in [0.3, 0.4) is 0 Å². The summed E-state index contributed by atoms with van der Waals surface area (Å²) in [5, 5.41) is 0. The van der Waals surface area contributed by atoms with Crippen molar-refractivity contribution in [3.63, 3.8) is 0 Å². The van der Waals surface area contributed by atoms with Crippen LogP contribution >= 0.6 is 0 Å². The van der Waals surface area contributed by atoms with E-state index in [1.54, 1.807) is 30.3 Å². The molecule has 1 N–H and O–H groups in total. The topological polar surface area (TPSA) is 46.2 Å². The Morgan fingerprint density at radius 3 is 2.24 bits per heavy atom. The molecule has 0 unspecified atom stereocenters. The summed E-state index contributed by atoms with van der Waals surface area (Å²) in [5.74, 6) is 0. The van der Waals surface area contributed by atoms with E-state index in [2.05, 4.69) is 4.72 Å². The maximum atomic E-state index is 12.6. The zero-order chi connectivity index (χ0) is 15.5. The van der Waals surface area contributed by atoms with E-state index in [4.69, 9.17) is 0 Å². The van der Waals surface area contributed by atoms with Crippen LogP contribution in [0.25, 0.3) is 0 Å². The lowest BCUT2D eigenvalue weighted by Gasteiger charge is -2.10. The number of sulfonamides is 1. The van der Waals surface area contributed by atoms with Gasteiger partial charge in [-0.3, -0.25) is 0 Å². The first-order valence-electron chi connectivity index (χ1n) is 6.00. The van der Waals surface area contributed by atoms with E-state index in [0.29, 0.717) is 11.6 Å². The van der Waals surface area contributed by atoms with E-state index in [0.717, 1.165) is 18.2 Å². The molecule has 0 bridgehead atoms. The van der Waals surface area contributed by atoms with Crippen molar-refractivity contribution in [1.82, 2.24) is 4.72 Å². The van der Waals surface area contributed by atoms with Crippen molar-refractivity contribution >= 4 is 10.0 Å². The molecule has 0 atom stereocenters. The summed E-state index contributed by atoms with van der Waals surface area (Å²) in [6.45, 7) is 0.0133. The maximum Gasteiger partial charge on any atom is 0.416 e. The number of nitrogens with one attached hydrogen (secondary N) is 1. The van der Waals surface area contributed by atoms with E-state index in [1.807, 2.05) is 0 Å². The van der Waals surface area contributed by atoms with Crippen molar-refractivity contribution in [2.45, 2.75) is 17.6 Å². The molecular formula is C14H12F3NO2S. The van der Waals surface area contributed by atoms with Gasteiger partial charge in [-0.1, -0.05) is 36.4 Å². The molecule has 0 heterocycles. The van der Waals surface area contributed by atoms with Gasteiger partial charge in [-0.05, 0) is 23.8 Å². The van der Waals surface area contributed by atoms with Gasteiger partial charge in [0.25, 0.3) is 0 Å². The molecule has 0 aliphatic heterocycles.